The molecule has 1 aliphatic carbocycles. The van der Waals surface area contributed by atoms with Gasteiger partial charge in [-0.15, -0.1) is 0 Å². The van der Waals surface area contributed by atoms with Gasteiger partial charge in [-0.2, -0.15) is 5.10 Å². The van der Waals surface area contributed by atoms with Crippen molar-refractivity contribution in [2.24, 2.45) is 22.7 Å². The van der Waals surface area contributed by atoms with Gasteiger partial charge in [0.15, 0.2) is 11.5 Å². The number of aryl methyl sites for hydroxylation is 1. The summed E-state index contributed by atoms with van der Waals surface area (Å²) in [6.07, 6.45) is 7.05. The minimum Gasteiger partial charge on any atom is -0.493 e. The van der Waals surface area contributed by atoms with Crippen LogP contribution in [0.5, 0.6) is 11.5 Å². The Hall–Kier alpha value is -5.26. The maximum absolute atomic E-state index is 14.4. The van der Waals surface area contributed by atoms with E-state index in [1.807, 2.05) is 53.4 Å². The van der Waals surface area contributed by atoms with Crippen molar-refractivity contribution in [1.29, 1.82) is 0 Å². The van der Waals surface area contributed by atoms with Crippen LogP contribution in [-0.2, 0) is 16.0 Å². The van der Waals surface area contributed by atoms with Crippen LogP contribution in [0, 0.1) is 18.8 Å². The zero-order chi connectivity index (χ0) is 34.9. The summed E-state index contributed by atoms with van der Waals surface area (Å²) in [6, 6.07) is 15.5. The number of amides is 3. The van der Waals surface area contributed by atoms with Crippen LogP contribution in [0.2, 0.25) is 0 Å². The number of primary amides is 1. The zero-order valence-corrected chi connectivity index (χ0v) is 28.7. The van der Waals surface area contributed by atoms with Crippen molar-refractivity contribution in [3.8, 4) is 11.5 Å². The van der Waals surface area contributed by atoms with Gasteiger partial charge in [0.05, 0.1) is 43.3 Å². The van der Waals surface area contributed by atoms with Gasteiger partial charge >= 0.3 is 0 Å². The fourth-order valence-electron chi connectivity index (χ4n) is 7.97. The van der Waals surface area contributed by atoms with E-state index in [2.05, 4.69) is 9.97 Å². The number of rotatable bonds is 9. The maximum atomic E-state index is 14.4. The summed E-state index contributed by atoms with van der Waals surface area (Å²) in [5.41, 5.74) is 10.4. The Morgan fingerprint density at radius 3 is 2.40 bits per heavy atom. The average molecular weight is 678 g/mol. The number of benzene rings is 2. The van der Waals surface area contributed by atoms with Crippen LogP contribution in [0.25, 0.3) is 11.0 Å². The first-order valence-corrected chi connectivity index (χ1v) is 17.4. The number of H-pyrrole nitrogens is 1. The van der Waals surface area contributed by atoms with Crippen LogP contribution in [0.3, 0.4) is 0 Å². The van der Waals surface area contributed by atoms with E-state index in [1.54, 1.807) is 32.3 Å². The maximum Gasteiger partial charge on any atom is 0.252 e. The Balaban J connectivity index is 1.15. The van der Waals surface area contributed by atoms with Crippen LogP contribution in [0.4, 0.5) is 0 Å². The lowest BCUT2D eigenvalue weighted by Crippen LogP contribution is -2.53. The molecule has 2 aromatic heterocycles. The number of carbonyl (C=O) groups is 3. The average Bonchev–Trinajstić information content (AvgIpc) is 3.49. The number of nitrogens with one attached hydrogen (secondary N) is 1. The molecule has 2 aliphatic heterocycles. The molecule has 3 N–H and O–H groups in total. The molecule has 12 heteroatoms. The first kappa shape index (κ1) is 33.2. The number of nitrogens with two attached hydrogens (primary N) is 1. The lowest BCUT2D eigenvalue weighted by molar-refractivity contribution is -0.143. The molecule has 3 aliphatic rings. The van der Waals surface area contributed by atoms with Crippen LogP contribution in [-0.4, -0.2) is 81.6 Å². The summed E-state index contributed by atoms with van der Waals surface area (Å²) in [5, 5.41) is 6.79. The molecular formula is C38H43N7O5. The standard InChI is InChI=1S/C38H43N7O5/c1-22-32(35(39)46)34-29(41-22)21-40-36(42-34)28(19-23-9-5-4-6-10-23)37(47)44-17-15-25(16-18-44)45-38(48)27-12-8-7-11-26(27)33(43-45)24-13-14-30(49-2)31(20-24)50-3/h4-6,9-10,13-14,20-21,25-28,41H,7-8,11-12,15-19H2,1-3H3,(H2,39,46)/t26-,27+,28+/m0/s1. The molecule has 0 radical (unpaired) electrons. The number of aromatic amines is 1. The third-order valence-electron chi connectivity index (χ3n) is 10.6. The van der Waals surface area contributed by atoms with Gasteiger partial charge in [0.25, 0.3) is 5.91 Å². The highest BCUT2D eigenvalue weighted by Gasteiger charge is 2.44. The second-order valence-electron chi connectivity index (χ2n) is 13.5. The molecule has 3 amide bonds. The summed E-state index contributed by atoms with van der Waals surface area (Å²) in [7, 11) is 3.23. The monoisotopic (exact) mass is 677 g/mol. The summed E-state index contributed by atoms with van der Waals surface area (Å²) >= 11 is 0. The van der Waals surface area contributed by atoms with Crippen molar-refractivity contribution in [1.82, 2.24) is 24.9 Å². The smallest absolute Gasteiger partial charge is 0.252 e. The summed E-state index contributed by atoms with van der Waals surface area (Å²) in [5.74, 6) is 0.278. The summed E-state index contributed by atoms with van der Waals surface area (Å²) < 4.78 is 11.1. The molecule has 50 heavy (non-hydrogen) atoms. The van der Waals surface area contributed by atoms with Gasteiger partial charge in [-0.25, -0.2) is 15.0 Å². The lowest BCUT2D eigenvalue weighted by Gasteiger charge is -2.43. The van der Waals surface area contributed by atoms with Gasteiger partial charge in [0.2, 0.25) is 11.8 Å². The van der Waals surface area contributed by atoms with Crippen molar-refractivity contribution in [3.05, 3.63) is 82.9 Å². The fraction of sp³-hybridized carbons (Fsp3) is 0.421. The van der Waals surface area contributed by atoms with E-state index in [1.165, 1.54) is 0 Å². The molecule has 2 aromatic carbocycles. The van der Waals surface area contributed by atoms with Crippen LogP contribution in [0.15, 0.2) is 59.8 Å². The number of carbonyl (C=O) groups excluding carboxylic acids is 3. The first-order chi connectivity index (χ1) is 24.3. The van der Waals surface area contributed by atoms with Gasteiger partial charge in [0, 0.05) is 36.2 Å². The number of hydrogen-bond acceptors (Lipinski definition) is 8. The predicted octanol–water partition coefficient (Wildman–Crippen LogP) is 4.75. The van der Waals surface area contributed by atoms with Gasteiger partial charge in [-0.1, -0.05) is 43.2 Å². The topological polar surface area (TPSA) is 156 Å². The Kier molecular flexibility index (Phi) is 9.26. The molecule has 260 valence electrons. The van der Waals surface area contributed by atoms with Gasteiger partial charge in [-0.05, 0) is 62.8 Å². The van der Waals surface area contributed by atoms with Crippen molar-refractivity contribution in [3.63, 3.8) is 0 Å². The number of ether oxygens (including phenoxy) is 2. The molecule has 1 saturated heterocycles. The van der Waals surface area contributed by atoms with E-state index in [0.29, 0.717) is 72.0 Å². The molecule has 4 heterocycles. The number of piperidine rings is 1. The van der Waals surface area contributed by atoms with Crippen molar-refractivity contribution in [2.45, 2.75) is 63.8 Å². The third-order valence-corrected chi connectivity index (χ3v) is 10.6. The number of fused-ring (bicyclic) bond motifs is 2. The molecule has 4 aromatic rings. The summed E-state index contributed by atoms with van der Waals surface area (Å²) in [6.45, 7) is 2.69. The Bertz CT molecular complexity index is 1950. The molecule has 3 atom stereocenters. The number of nitrogens with zero attached hydrogens (tertiary/aromatic N) is 5. The van der Waals surface area contributed by atoms with Crippen molar-refractivity contribution < 1.29 is 23.9 Å². The van der Waals surface area contributed by atoms with Gasteiger partial charge in [-0.3, -0.25) is 14.4 Å². The van der Waals surface area contributed by atoms with E-state index in [9.17, 15) is 14.4 Å². The SMILES string of the molecule is COc1ccc(C2=NN(C3CCN(C(=O)[C@H](Cc4ccccc4)c4ncc5[nH]c(C)c(C(N)=O)c5n4)CC3)C(=O)[C@@H]3CCCC[C@H]23)cc1OC. The fourth-order valence-corrected chi connectivity index (χ4v) is 7.97. The summed E-state index contributed by atoms with van der Waals surface area (Å²) in [4.78, 5) is 55.0. The highest BCUT2D eigenvalue weighted by atomic mass is 16.5. The number of hydrogen-bond donors (Lipinski definition) is 2. The number of hydrazone groups is 1. The molecule has 0 bridgehead atoms. The Morgan fingerprint density at radius 1 is 0.980 bits per heavy atom. The van der Waals surface area contributed by atoms with Crippen LogP contribution in [0.1, 0.15) is 77.4 Å². The van der Waals surface area contributed by atoms with Crippen LogP contribution >= 0.6 is 0 Å². The largest absolute Gasteiger partial charge is 0.493 e. The molecule has 2 fully saturated rings. The molecule has 12 nitrogen and oxygen atoms in total. The molecule has 1 saturated carbocycles. The van der Waals surface area contributed by atoms with Crippen molar-refractivity contribution >= 4 is 34.5 Å². The van der Waals surface area contributed by atoms with Gasteiger partial charge in [0.1, 0.15) is 17.3 Å². The molecule has 0 spiro atoms. The highest BCUT2D eigenvalue weighted by Crippen LogP contribution is 2.40. The normalized spacial score (nSPS) is 20.3. The predicted molar refractivity (Wildman–Crippen MR) is 188 cm³/mol. The highest BCUT2D eigenvalue weighted by molar-refractivity contribution is 6.07. The Labute approximate surface area is 291 Å². The van der Waals surface area contributed by atoms with E-state index < -0.39 is 11.8 Å². The van der Waals surface area contributed by atoms with Gasteiger partial charge < -0.3 is 25.1 Å². The second-order valence-corrected chi connectivity index (χ2v) is 13.5. The Morgan fingerprint density at radius 2 is 1.70 bits per heavy atom. The van der Waals surface area contributed by atoms with E-state index in [0.717, 1.165) is 42.5 Å². The van der Waals surface area contributed by atoms with E-state index in [4.69, 9.17) is 25.3 Å². The lowest BCUT2D eigenvalue weighted by atomic mass is 9.73. The zero-order valence-electron chi connectivity index (χ0n) is 28.7. The number of aromatic nitrogens is 3. The molecule has 0 unspecified atom stereocenters. The molecular weight excluding hydrogens is 634 g/mol. The quantitative estimate of drug-likeness (QED) is 0.259. The minimum atomic E-state index is -0.677. The number of likely N-dealkylation sites (tertiary alicyclic amines) is 1. The molecule has 7 rings (SSSR count). The first-order valence-electron chi connectivity index (χ1n) is 17.4. The van der Waals surface area contributed by atoms with E-state index in [-0.39, 0.29) is 29.7 Å². The number of methoxy groups -OCH3 is 2. The van der Waals surface area contributed by atoms with Crippen LogP contribution < -0.4 is 15.2 Å². The van der Waals surface area contributed by atoms with Crippen molar-refractivity contribution in [2.75, 3.05) is 27.3 Å². The second kappa shape index (κ2) is 13.9. The van der Waals surface area contributed by atoms with E-state index >= 15 is 0 Å². The third kappa shape index (κ3) is 6.18. The minimum absolute atomic E-state index is 0.0576.